The Morgan fingerprint density at radius 2 is 2.31 bits per heavy atom. The fourth-order valence-corrected chi connectivity index (χ4v) is 1.33. The topological polar surface area (TPSA) is 55.9 Å². The van der Waals surface area contributed by atoms with Crippen LogP contribution in [0.15, 0.2) is 29.2 Å². The average molecular weight is 243 g/mol. The Morgan fingerprint density at radius 3 is 2.94 bits per heavy atom. The summed E-state index contributed by atoms with van der Waals surface area (Å²) in [6.45, 7) is 4.37. The molecule has 2 heterocycles. The molecule has 0 aliphatic heterocycles. The van der Waals surface area contributed by atoms with Gasteiger partial charge >= 0.3 is 0 Å². The Balaban J connectivity index is 0.00000128. The van der Waals surface area contributed by atoms with Crippen molar-refractivity contribution in [2.75, 3.05) is 6.54 Å². The molecule has 88 valence electrons. The van der Waals surface area contributed by atoms with Crippen LogP contribution in [0.4, 0.5) is 0 Å². The summed E-state index contributed by atoms with van der Waals surface area (Å²) in [4.78, 5) is 3.87. The Hall–Kier alpha value is -1.33. The first-order valence-electron chi connectivity index (χ1n) is 4.93. The third-order valence-electron chi connectivity index (χ3n) is 2.08. The van der Waals surface area contributed by atoms with Crippen molar-refractivity contribution >= 4 is 12.4 Å². The first-order chi connectivity index (χ1) is 7.34. The maximum atomic E-state index is 5.42. The molecule has 0 spiro atoms. The molecule has 5 nitrogen and oxygen atoms in total. The molecular formula is C10H15ClN4O. The van der Waals surface area contributed by atoms with Gasteiger partial charge in [-0.2, -0.15) is 5.10 Å². The summed E-state index contributed by atoms with van der Waals surface area (Å²) >= 11 is 0. The Morgan fingerprint density at radius 1 is 1.44 bits per heavy atom. The van der Waals surface area contributed by atoms with Gasteiger partial charge in [0.15, 0.2) is 0 Å². The van der Waals surface area contributed by atoms with Crippen molar-refractivity contribution in [3.05, 3.63) is 36.3 Å². The highest BCUT2D eigenvalue weighted by molar-refractivity contribution is 5.85. The molecule has 16 heavy (non-hydrogen) atoms. The molecule has 0 fully saturated rings. The summed E-state index contributed by atoms with van der Waals surface area (Å²) in [5, 5.41) is 7.28. The van der Waals surface area contributed by atoms with Gasteiger partial charge in [0, 0.05) is 6.54 Å². The van der Waals surface area contributed by atoms with E-state index in [1.54, 1.807) is 11.0 Å². The zero-order chi connectivity index (χ0) is 10.5. The molecule has 0 amide bonds. The summed E-state index contributed by atoms with van der Waals surface area (Å²) < 4.78 is 7.22. The van der Waals surface area contributed by atoms with Gasteiger partial charge < -0.3 is 9.73 Å². The van der Waals surface area contributed by atoms with Crippen LogP contribution in [0.1, 0.15) is 11.5 Å². The van der Waals surface area contributed by atoms with E-state index in [1.165, 1.54) is 6.33 Å². The lowest BCUT2D eigenvalue weighted by Crippen LogP contribution is -2.19. The summed E-state index contributed by atoms with van der Waals surface area (Å²) in [5.41, 5.74) is 0. The standard InChI is InChI=1S/C10H14N4O.ClH/c1-9-2-3-10(15-9)6-11-4-5-14-8-12-7-13-14;/h2-3,7-8,11H,4-6H2,1H3;1H. The van der Waals surface area contributed by atoms with Crippen molar-refractivity contribution in [3.8, 4) is 0 Å². The van der Waals surface area contributed by atoms with Gasteiger partial charge in [-0.3, -0.25) is 4.68 Å². The predicted molar refractivity (Wildman–Crippen MR) is 62.4 cm³/mol. The van der Waals surface area contributed by atoms with E-state index in [2.05, 4.69) is 15.4 Å². The van der Waals surface area contributed by atoms with Crippen molar-refractivity contribution in [1.82, 2.24) is 20.1 Å². The molecule has 0 aliphatic carbocycles. The van der Waals surface area contributed by atoms with E-state index in [4.69, 9.17) is 4.42 Å². The van der Waals surface area contributed by atoms with E-state index in [9.17, 15) is 0 Å². The van der Waals surface area contributed by atoms with E-state index in [0.717, 1.165) is 31.2 Å². The van der Waals surface area contributed by atoms with Crippen LogP contribution in [-0.2, 0) is 13.1 Å². The number of nitrogens with zero attached hydrogens (tertiary/aromatic N) is 3. The number of aryl methyl sites for hydroxylation is 1. The summed E-state index contributed by atoms with van der Waals surface area (Å²) in [7, 11) is 0. The highest BCUT2D eigenvalue weighted by atomic mass is 35.5. The second kappa shape index (κ2) is 6.30. The van der Waals surface area contributed by atoms with Gasteiger partial charge in [-0.25, -0.2) is 4.98 Å². The number of furan rings is 1. The fraction of sp³-hybridized carbons (Fsp3) is 0.400. The molecule has 0 unspecified atom stereocenters. The quantitative estimate of drug-likeness (QED) is 0.806. The van der Waals surface area contributed by atoms with Crippen LogP contribution in [0, 0.1) is 6.92 Å². The molecule has 0 saturated heterocycles. The summed E-state index contributed by atoms with van der Waals surface area (Å²) in [6.07, 6.45) is 3.24. The second-order valence-corrected chi connectivity index (χ2v) is 3.35. The maximum Gasteiger partial charge on any atom is 0.137 e. The minimum atomic E-state index is 0. The van der Waals surface area contributed by atoms with Crippen LogP contribution >= 0.6 is 12.4 Å². The molecule has 2 aromatic heterocycles. The number of nitrogens with one attached hydrogen (secondary N) is 1. The second-order valence-electron chi connectivity index (χ2n) is 3.35. The van der Waals surface area contributed by atoms with Crippen LogP contribution in [-0.4, -0.2) is 21.3 Å². The van der Waals surface area contributed by atoms with Crippen molar-refractivity contribution in [2.45, 2.75) is 20.0 Å². The number of aromatic nitrogens is 3. The summed E-state index contributed by atoms with van der Waals surface area (Å²) in [5.74, 6) is 1.91. The number of hydrogen-bond acceptors (Lipinski definition) is 4. The van der Waals surface area contributed by atoms with Crippen LogP contribution in [0.5, 0.6) is 0 Å². The van der Waals surface area contributed by atoms with E-state index < -0.39 is 0 Å². The van der Waals surface area contributed by atoms with E-state index >= 15 is 0 Å². The molecule has 0 aliphatic rings. The first kappa shape index (κ1) is 12.7. The minimum Gasteiger partial charge on any atom is -0.465 e. The van der Waals surface area contributed by atoms with Gasteiger partial charge in [0.05, 0.1) is 13.1 Å². The molecule has 0 aromatic carbocycles. The van der Waals surface area contributed by atoms with E-state index in [1.807, 2.05) is 19.1 Å². The fourth-order valence-electron chi connectivity index (χ4n) is 1.33. The lowest BCUT2D eigenvalue weighted by molar-refractivity contribution is 0.453. The molecule has 0 radical (unpaired) electrons. The zero-order valence-electron chi connectivity index (χ0n) is 9.09. The van der Waals surface area contributed by atoms with Gasteiger partial charge in [-0.05, 0) is 19.1 Å². The van der Waals surface area contributed by atoms with Crippen LogP contribution in [0.2, 0.25) is 0 Å². The highest BCUT2D eigenvalue weighted by Gasteiger charge is 1.97. The third kappa shape index (κ3) is 3.67. The largest absolute Gasteiger partial charge is 0.465 e. The van der Waals surface area contributed by atoms with Gasteiger partial charge in [0.1, 0.15) is 24.2 Å². The van der Waals surface area contributed by atoms with Crippen molar-refractivity contribution in [3.63, 3.8) is 0 Å². The van der Waals surface area contributed by atoms with Gasteiger partial charge in [0.25, 0.3) is 0 Å². The van der Waals surface area contributed by atoms with Crippen molar-refractivity contribution < 1.29 is 4.42 Å². The van der Waals surface area contributed by atoms with Crippen LogP contribution in [0.25, 0.3) is 0 Å². The summed E-state index contributed by atoms with van der Waals surface area (Å²) in [6, 6.07) is 3.95. The first-order valence-corrected chi connectivity index (χ1v) is 4.93. The SMILES string of the molecule is Cc1ccc(CNCCn2cncn2)o1.Cl. The Bertz CT molecular complexity index is 399. The zero-order valence-corrected chi connectivity index (χ0v) is 9.91. The van der Waals surface area contributed by atoms with E-state index in [-0.39, 0.29) is 12.4 Å². The third-order valence-corrected chi connectivity index (χ3v) is 2.08. The number of hydrogen-bond donors (Lipinski definition) is 1. The number of rotatable bonds is 5. The molecule has 1 N–H and O–H groups in total. The predicted octanol–water partition coefficient (Wildman–Crippen LogP) is 1.39. The molecule has 0 saturated carbocycles. The lowest BCUT2D eigenvalue weighted by Gasteiger charge is -2.02. The van der Waals surface area contributed by atoms with Crippen LogP contribution < -0.4 is 5.32 Å². The molecular weight excluding hydrogens is 228 g/mol. The monoisotopic (exact) mass is 242 g/mol. The maximum absolute atomic E-state index is 5.42. The van der Waals surface area contributed by atoms with Crippen molar-refractivity contribution in [1.29, 1.82) is 0 Å². The molecule has 2 rings (SSSR count). The Kier molecular flexibility index (Phi) is 5.01. The lowest BCUT2D eigenvalue weighted by atomic mass is 10.4. The van der Waals surface area contributed by atoms with Crippen molar-refractivity contribution in [2.24, 2.45) is 0 Å². The molecule has 2 aromatic rings. The molecule has 6 heteroatoms. The van der Waals surface area contributed by atoms with Crippen LogP contribution in [0.3, 0.4) is 0 Å². The average Bonchev–Trinajstić information content (AvgIpc) is 2.84. The van der Waals surface area contributed by atoms with E-state index in [0.29, 0.717) is 0 Å². The smallest absolute Gasteiger partial charge is 0.137 e. The minimum absolute atomic E-state index is 0. The van der Waals surface area contributed by atoms with Gasteiger partial charge in [-0.1, -0.05) is 0 Å². The Labute approximate surface area is 100 Å². The molecule has 0 atom stereocenters. The normalized spacial score (nSPS) is 10.1. The van der Waals surface area contributed by atoms with Gasteiger partial charge in [-0.15, -0.1) is 12.4 Å². The highest BCUT2D eigenvalue weighted by Crippen LogP contribution is 2.04. The molecule has 0 bridgehead atoms. The number of halogens is 1. The van der Waals surface area contributed by atoms with Gasteiger partial charge in [0.2, 0.25) is 0 Å².